The molecule has 3 aromatic rings. The number of hydrogen-bond acceptors (Lipinski definition) is 6. The summed E-state index contributed by atoms with van der Waals surface area (Å²) in [7, 11) is -3.32. The second kappa shape index (κ2) is 10.7. The van der Waals surface area contributed by atoms with E-state index < -0.39 is 15.9 Å². The molecule has 0 unspecified atom stereocenters. The number of fused-ring (bicyclic) bond motifs is 3. The molecule has 3 heterocycles. The Bertz CT molecular complexity index is 1380. The predicted molar refractivity (Wildman–Crippen MR) is 145 cm³/mol. The summed E-state index contributed by atoms with van der Waals surface area (Å²) in [5.41, 5.74) is 2.17. The highest BCUT2D eigenvalue weighted by Gasteiger charge is 2.49. The molecule has 3 fully saturated rings. The van der Waals surface area contributed by atoms with Crippen LogP contribution in [0.1, 0.15) is 34.8 Å². The van der Waals surface area contributed by atoms with Gasteiger partial charge in [0.05, 0.1) is 18.0 Å². The van der Waals surface area contributed by atoms with Gasteiger partial charge in [0.25, 0.3) is 0 Å². The molecule has 7 nitrogen and oxygen atoms in total. The third kappa shape index (κ3) is 5.81. The summed E-state index contributed by atoms with van der Waals surface area (Å²) in [6.45, 7) is 2.66. The smallest absolute Gasteiger partial charge is 0.333 e. The number of sulfone groups is 1. The molecule has 3 aliphatic rings. The van der Waals surface area contributed by atoms with Gasteiger partial charge in [-0.15, -0.1) is 0 Å². The zero-order valence-corrected chi connectivity index (χ0v) is 22.3. The quantitative estimate of drug-likeness (QED) is 0.251. The number of benzene rings is 3. The first-order valence-corrected chi connectivity index (χ1v) is 14.9. The second-order valence-corrected chi connectivity index (χ2v) is 12.5. The zero-order chi connectivity index (χ0) is 26.8. The number of nitrogens with zero attached hydrogens (tertiary/aromatic N) is 1. The maximum atomic E-state index is 13.5. The highest BCUT2D eigenvalue weighted by molar-refractivity contribution is 7.90. The molecule has 0 amide bonds. The number of anilines is 1. The second-order valence-electron chi connectivity index (χ2n) is 10.5. The van der Waals surface area contributed by atoms with E-state index in [9.17, 15) is 18.0 Å². The normalized spacial score (nSPS) is 23.4. The van der Waals surface area contributed by atoms with Gasteiger partial charge in [-0.2, -0.15) is 0 Å². The lowest BCUT2D eigenvalue weighted by atomic mass is 9.82. The Hall–Kier alpha value is -3.49. The van der Waals surface area contributed by atoms with Crippen molar-refractivity contribution in [1.82, 2.24) is 0 Å². The Morgan fingerprint density at radius 3 is 2.13 bits per heavy atom. The standard InChI is InChI=1S/C30H33N2O5S/c1-38(35,36)26-14-12-22(13-15-26)27(33)20-32-18-16-23(17-19-32)28(21-32)37-30(34)29(24-8-4-2-5-9-24)31-25-10-6-3-7-11-25/h2-15,23,28-29,31H,16-21H2,1H3/q+1/t23?,28-,29+,32?/m0/s1. The third-order valence-electron chi connectivity index (χ3n) is 7.85. The molecule has 198 valence electrons. The summed E-state index contributed by atoms with van der Waals surface area (Å²) in [4.78, 5) is 26.9. The first-order valence-electron chi connectivity index (χ1n) is 13.0. The maximum Gasteiger partial charge on any atom is 0.333 e. The first kappa shape index (κ1) is 26.1. The SMILES string of the molecule is CS(=O)(=O)c1ccc(C(=O)C[N+]23CCC(CC2)[C@@H](OC(=O)[C@H](Nc2ccccc2)c2ccccc2)C3)cc1. The number of ketones is 1. The lowest BCUT2D eigenvalue weighted by Gasteiger charge is -2.51. The predicted octanol–water partition coefficient (Wildman–Crippen LogP) is 4.28. The number of carbonyl (C=O) groups excluding carboxylic acids is 2. The number of nitrogens with one attached hydrogen (secondary N) is 1. The van der Waals surface area contributed by atoms with Crippen LogP contribution >= 0.6 is 0 Å². The average Bonchev–Trinajstić information content (AvgIpc) is 2.93. The summed E-state index contributed by atoms with van der Waals surface area (Å²) < 4.78 is 30.3. The molecule has 0 aromatic heterocycles. The van der Waals surface area contributed by atoms with Crippen LogP contribution in [0.4, 0.5) is 5.69 Å². The Balaban J connectivity index is 1.29. The molecular weight excluding hydrogens is 500 g/mol. The Morgan fingerprint density at radius 2 is 1.53 bits per heavy atom. The molecule has 2 atom stereocenters. The van der Waals surface area contributed by atoms with Gasteiger partial charge < -0.3 is 14.5 Å². The van der Waals surface area contributed by atoms with Crippen LogP contribution in [0.5, 0.6) is 0 Å². The van der Waals surface area contributed by atoms with Crippen LogP contribution in [-0.4, -0.2) is 63.2 Å². The van der Waals surface area contributed by atoms with Crippen LogP contribution in [0.15, 0.2) is 89.8 Å². The van der Waals surface area contributed by atoms with E-state index >= 15 is 0 Å². The molecule has 8 heteroatoms. The fourth-order valence-electron chi connectivity index (χ4n) is 5.70. The van der Waals surface area contributed by atoms with Crippen LogP contribution in [0.2, 0.25) is 0 Å². The molecule has 3 aromatic carbocycles. The molecule has 0 radical (unpaired) electrons. The number of Topliss-reactive ketones (excluding diaryl/α,β-unsaturated/α-hetero) is 1. The van der Waals surface area contributed by atoms with Crippen molar-refractivity contribution in [2.45, 2.75) is 29.9 Å². The number of hydrogen-bond donors (Lipinski definition) is 1. The summed E-state index contributed by atoms with van der Waals surface area (Å²) in [5.74, 6) is -0.0562. The molecular formula is C30H33N2O5S+. The number of carbonyl (C=O) groups is 2. The van der Waals surface area contributed by atoms with E-state index in [4.69, 9.17) is 4.74 Å². The van der Waals surface area contributed by atoms with Crippen molar-refractivity contribution in [2.24, 2.45) is 5.92 Å². The topological polar surface area (TPSA) is 89.5 Å². The highest BCUT2D eigenvalue weighted by atomic mass is 32.2. The largest absolute Gasteiger partial charge is 0.454 e. The van der Waals surface area contributed by atoms with E-state index in [0.717, 1.165) is 43.4 Å². The molecule has 38 heavy (non-hydrogen) atoms. The van der Waals surface area contributed by atoms with Crippen LogP contribution < -0.4 is 5.32 Å². The van der Waals surface area contributed by atoms with Crippen molar-refractivity contribution in [2.75, 3.05) is 37.8 Å². The van der Waals surface area contributed by atoms with Crippen molar-refractivity contribution < 1.29 is 27.2 Å². The van der Waals surface area contributed by atoms with Gasteiger partial charge in [-0.05, 0) is 42.0 Å². The van der Waals surface area contributed by atoms with Crippen molar-refractivity contribution in [3.05, 3.63) is 96.1 Å². The van der Waals surface area contributed by atoms with E-state index in [2.05, 4.69) is 5.32 Å². The average molecular weight is 534 g/mol. The third-order valence-corrected chi connectivity index (χ3v) is 8.97. The minimum absolute atomic E-state index is 0.0246. The van der Waals surface area contributed by atoms with Crippen molar-refractivity contribution in [3.63, 3.8) is 0 Å². The molecule has 0 spiro atoms. The fraction of sp³-hybridized carbons (Fsp3) is 0.333. The minimum atomic E-state index is -3.32. The fourth-order valence-corrected chi connectivity index (χ4v) is 6.33. The summed E-state index contributed by atoms with van der Waals surface area (Å²) in [5, 5.41) is 3.33. The summed E-state index contributed by atoms with van der Waals surface area (Å²) >= 11 is 0. The molecule has 6 rings (SSSR count). The maximum absolute atomic E-state index is 13.5. The van der Waals surface area contributed by atoms with Crippen molar-refractivity contribution in [3.8, 4) is 0 Å². The van der Waals surface area contributed by atoms with Gasteiger partial charge in [0.1, 0.15) is 13.1 Å². The van der Waals surface area contributed by atoms with Gasteiger partial charge in [0, 0.05) is 36.3 Å². The van der Waals surface area contributed by atoms with Crippen LogP contribution in [0.25, 0.3) is 0 Å². The van der Waals surface area contributed by atoms with Gasteiger partial charge in [-0.3, -0.25) is 4.79 Å². The van der Waals surface area contributed by atoms with E-state index in [1.807, 2.05) is 60.7 Å². The number of rotatable bonds is 9. The van der Waals surface area contributed by atoms with Crippen molar-refractivity contribution >= 4 is 27.3 Å². The van der Waals surface area contributed by atoms with Crippen molar-refractivity contribution in [1.29, 1.82) is 0 Å². The Morgan fingerprint density at radius 1 is 0.921 bits per heavy atom. The number of esters is 1. The van der Waals surface area contributed by atoms with E-state index in [0.29, 0.717) is 23.1 Å². The molecule has 2 bridgehead atoms. The molecule has 3 aliphatic heterocycles. The van der Waals surface area contributed by atoms with E-state index in [1.54, 1.807) is 12.1 Å². The van der Waals surface area contributed by atoms with Crippen LogP contribution in [0, 0.1) is 5.92 Å². The van der Waals surface area contributed by atoms with Crippen LogP contribution in [-0.2, 0) is 19.4 Å². The Kier molecular flexibility index (Phi) is 7.36. The zero-order valence-electron chi connectivity index (χ0n) is 21.5. The number of quaternary nitrogens is 1. The van der Waals surface area contributed by atoms with Gasteiger partial charge in [-0.1, -0.05) is 48.5 Å². The number of ether oxygens (including phenoxy) is 1. The van der Waals surface area contributed by atoms with Gasteiger partial charge in [0.15, 0.2) is 22.0 Å². The molecule has 3 saturated heterocycles. The monoisotopic (exact) mass is 533 g/mol. The molecule has 1 N–H and O–H groups in total. The summed E-state index contributed by atoms with van der Waals surface area (Å²) in [6, 6.07) is 24.7. The van der Waals surface area contributed by atoms with E-state index in [1.165, 1.54) is 12.1 Å². The van der Waals surface area contributed by atoms with Gasteiger partial charge >= 0.3 is 5.97 Å². The minimum Gasteiger partial charge on any atom is -0.454 e. The van der Waals surface area contributed by atoms with Gasteiger partial charge in [-0.25, -0.2) is 13.2 Å². The summed E-state index contributed by atoms with van der Waals surface area (Å²) in [6.07, 6.45) is 2.70. The first-order chi connectivity index (χ1) is 18.2. The Labute approximate surface area is 223 Å². The molecule has 0 aliphatic carbocycles. The number of piperidine rings is 3. The highest BCUT2D eigenvalue weighted by Crippen LogP contribution is 2.37. The van der Waals surface area contributed by atoms with Gasteiger partial charge in [0.2, 0.25) is 5.78 Å². The van der Waals surface area contributed by atoms with E-state index in [-0.39, 0.29) is 28.7 Å². The lowest BCUT2D eigenvalue weighted by Crippen LogP contribution is -2.65. The molecule has 0 saturated carbocycles. The lowest BCUT2D eigenvalue weighted by molar-refractivity contribution is -0.938. The number of para-hydroxylation sites is 1. The van der Waals surface area contributed by atoms with Crippen LogP contribution in [0.3, 0.4) is 0 Å².